The summed E-state index contributed by atoms with van der Waals surface area (Å²) in [4.78, 5) is 28.6. The van der Waals surface area contributed by atoms with Crippen molar-refractivity contribution in [2.45, 2.75) is 43.9 Å². The van der Waals surface area contributed by atoms with Crippen LogP contribution in [0.2, 0.25) is 0 Å². The zero-order valence-corrected chi connectivity index (χ0v) is 22.2. The number of rotatable bonds is 7. The number of carbonyl (C=O) groups excluding carboxylic acids is 1. The van der Waals surface area contributed by atoms with Crippen LogP contribution in [0.5, 0.6) is 0 Å². The Labute approximate surface area is 232 Å². The summed E-state index contributed by atoms with van der Waals surface area (Å²) in [6.45, 7) is 2.98. The fraction of sp³-hybridized carbons (Fsp3) is 0.379. The van der Waals surface area contributed by atoms with E-state index in [0.717, 1.165) is 56.8 Å². The first kappa shape index (κ1) is 26.2. The largest absolute Gasteiger partial charge is 0.381 e. The number of hydrogen-bond donors (Lipinski definition) is 4. The number of anilines is 3. The van der Waals surface area contributed by atoms with Crippen molar-refractivity contribution in [3.63, 3.8) is 0 Å². The first-order valence-electron chi connectivity index (χ1n) is 13.8. The predicted octanol–water partition coefficient (Wildman–Crippen LogP) is 3.11. The minimum Gasteiger partial charge on any atom is -0.381 e. The molecule has 40 heavy (non-hydrogen) atoms. The van der Waals surface area contributed by atoms with E-state index >= 15 is 0 Å². The molecule has 0 saturated carbocycles. The molecule has 5 N–H and O–H groups in total. The molecule has 2 saturated heterocycles. The number of nitrogens with zero attached hydrogens (tertiary/aromatic N) is 5. The lowest BCUT2D eigenvalue weighted by molar-refractivity contribution is 0.0853. The first-order valence-corrected chi connectivity index (χ1v) is 13.8. The Hall–Kier alpha value is -4.06. The minimum absolute atomic E-state index is 0.0459. The van der Waals surface area contributed by atoms with Crippen LogP contribution in [0.4, 0.5) is 17.3 Å². The summed E-state index contributed by atoms with van der Waals surface area (Å²) in [7, 11) is 0. The third-order valence-electron chi connectivity index (χ3n) is 7.67. The molecule has 0 radical (unpaired) electrons. The number of piperidine rings is 1. The summed E-state index contributed by atoms with van der Waals surface area (Å²) in [5.41, 5.74) is 9.59. The Morgan fingerprint density at radius 2 is 1.93 bits per heavy atom. The third kappa shape index (κ3) is 5.76. The van der Waals surface area contributed by atoms with Gasteiger partial charge in [-0.25, -0.2) is 15.0 Å². The van der Waals surface area contributed by atoms with Crippen molar-refractivity contribution in [1.82, 2.24) is 24.7 Å². The number of pyridine rings is 1. The highest BCUT2D eigenvalue weighted by Gasteiger charge is 2.25. The molecule has 6 rings (SSSR count). The summed E-state index contributed by atoms with van der Waals surface area (Å²) in [6, 6.07) is 11.8. The van der Waals surface area contributed by atoms with Crippen LogP contribution in [-0.2, 0) is 4.74 Å². The van der Waals surface area contributed by atoms with Crippen LogP contribution in [-0.4, -0.2) is 62.7 Å². The normalized spacial score (nSPS) is 18.9. The second kappa shape index (κ2) is 11.6. The zero-order valence-electron chi connectivity index (χ0n) is 22.2. The fourth-order valence-electron chi connectivity index (χ4n) is 5.48. The second-order valence-electron chi connectivity index (χ2n) is 10.4. The average molecular weight is 543 g/mol. The van der Waals surface area contributed by atoms with Crippen molar-refractivity contribution in [3.8, 4) is 0 Å². The highest BCUT2D eigenvalue weighted by atomic mass is 16.5. The molecule has 2 unspecified atom stereocenters. The van der Waals surface area contributed by atoms with E-state index in [4.69, 9.17) is 15.5 Å². The van der Waals surface area contributed by atoms with Gasteiger partial charge in [0.1, 0.15) is 23.4 Å². The number of aliphatic hydroxyl groups excluding tert-OH is 1. The van der Waals surface area contributed by atoms with Gasteiger partial charge in [-0.05, 0) is 61.4 Å². The van der Waals surface area contributed by atoms with E-state index in [2.05, 4.69) is 37.6 Å². The summed E-state index contributed by atoms with van der Waals surface area (Å²) in [5.74, 6) is 1.45. The number of ether oxygens (including phenoxy) is 1. The monoisotopic (exact) mass is 542 g/mol. The van der Waals surface area contributed by atoms with Crippen molar-refractivity contribution in [1.29, 1.82) is 0 Å². The molecule has 2 atom stereocenters. The van der Waals surface area contributed by atoms with Gasteiger partial charge < -0.3 is 35.5 Å². The first-order chi connectivity index (χ1) is 19.5. The van der Waals surface area contributed by atoms with Crippen molar-refractivity contribution < 1.29 is 14.6 Å². The lowest BCUT2D eigenvalue weighted by Crippen LogP contribution is -2.48. The van der Waals surface area contributed by atoms with E-state index in [0.29, 0.717) is 29.7 Å². The Morgan fingerprint density at radius 1 is 1.10 bits per heavy atom. The number of hydrogen-bond acceptors (Lipinski definition) is 9. The van der Waals surface area contributed by atoms with Crippen molar-refractivity contribution in [2.24, 2.45) is 5.73 Å². The van der Waals surface area contributed by atoms with Gasteiger partial charge in [0.15, 0.2) is 5.82 Å². The van der Waals surface area contributed by atoms with Crippen LogP contribution in [0.15, 0.2) is 61.2 Å². The topological polar surface area (TPSA) is 143 Å². The lowest BCUT2D eigenvalue weighted by atomic mass is 9.92. The summed E-state index contributed by atoms with van der Waals surface area (Å²) < 4.78 is 7.32. The number of aliphatic hydroxyl groups is 1. The average Bonchev–Trinajstić information content (AvgIpc) is 3.46. The standard InChI is InChI=1S/C29H34N8O3/c30-27(38)26-28(33-22-6-3-19(4-7-22)20-9-14-40-15-10-20)35-25(16-32-26)36-12-1-2-23(18-36)34-29(39)21-5-8-24-31-11-13-37(24)17-21/h3-8,11,13,16-17,20,23,27,38H,1-2,9-10,12,14-15,18,30H2,(H,33,35)(H,34,39). The quantitative estimate of drug-likeness (QED) is 0.259. The number of amides is 1. The van der Waals surface area contributed by atoms with Crippen LogP contribution < -0.4 is 21.3 Å². The highest BCUT2D eigenvalue weighted by Crippen LogP contribution is 2.30. The number of fused-ring (bicyclic) bond motifs is 1. The van der Waals surface area contributed by atoms with Crippen LogP contribution in [0.25, 0.3) is 5.65 Å². The zero-order chi connectivity index (χ0) is 27.5. The summed E-state index contributed by atoms with van der Waals surface area (Å²) >= 11 is 0. The molecule has 3 aromatic heterocycles. The molecule has 5 heterocycles. The van der Waals surface area contributed by atoms with Crippen molar-refractivity contribution >= 4 is 28.9 Å². The molecule has 1 amide bonds. The van der Waals surface area contributed by atoms with Gasteiger partial charge in [0, 0.05) is 56.6 Å². The second-order valence-corrected chi connectivity index (χ2v) is 10.4. The molecule has 4 aromatic rings. The van der Waals surface area contributed by atoms with Gasteiger partial charge in [0.05, 0.1) is 11.8 Å². The van der Waals surface area contributed by atoms with Crippen LogP contribution >= 0.6 is 0 Å². The molecule has 1 aromatic carbocycles. The van der Waals surface area contributed by atoms with Crippen molar-refractivity contribution in [3.05, 3.63) is 78.0 Å². The molecule has 11 heteroatoms. The van der Waals surface area contributed by atoms with Gasteiger partial charge in [-0.1, -0.05) is 12.1 Å². The maximum atomic E-state index is 13.0. The Morgan fingerprint density at radius 3 is 2.73 bits per heavy atom. The molecule has 2 fully saturated rings. The Balaban J connectivity index is 1.15. The molecule has 2 aliphatic rings. The van der Waals surface area contributed by atoms with Gasteiger partial charge in [0.25, 0.3) is 5.91 Å². The fourth-order valence-corrected chi connectivity index (χ4v) is 5.48. The molecule has 208 valence electrons. The maximum Gasteiger partial charge on any atom is 0.253 e. The van der Waals surface area contributed by atoms with Gasteiger partial charge in [-0.15, -0.1) is 0 Å². The van der Waals surface area contributed by atoms with E-state index in [1.807, 2.05) is 28.8 Å². The number of nitrogens with two attached hydrogens (primary N) is 1. The number of nitrogens with one attached hydrogen (secondary N) is 2. The summed E-state index contributed by atoms with van der Waals surface area (Å²) in [5, 5.41) is 16.6. The van der Waals surface area contributed by atoms with Gasteiger partial charge in [0.2, 0.25) is 0 Å². The molecular formula is C29H34N8O3. The van der Waals surface area contributed by atoms with E-state index < -0.39 is 6.23 Å². The van der Waals surface area contributed by atoms with E-state index in [1.165, 1.54) is 5.56 Å². The SMILES string of the molecule is NC(O)c1ncc(N2CCCC(NC(=O)c3ccc4nccn4c3)C2)nc1Nc1ccc(C2CCOCC2)cc1. The van der Waals surface area contributed by atoms with Gasteiger partial charge in [-0.3, -0.25) is 4.79 Å². The Kier molecular flexibility index (Phi) is 7.58. The van der Waals surface area contributed by atoms with Crippen LogP contribution in [0.1, 0.15) is 59.4 Å². The van der Waals surface area contributed by atoms with Gasteiger partial charge >= 0.3 is 0 Å². The van der Waals surface area contributed by atoms with Crippen LogP contribution in [0, 0.1) is 0 Å². The summed E-state index contributed by atoms with van der Waals surface area (Å²) in [6.07, 6.45) is 9.49. The van der Waals surface area contributed by atoms with Gasteiger partial charge in [-0.2, -0.15) is 0 Å². The number of carbonyl (C=O) groups is 1. The highest BCUT2D eigenvalue weighted by molar-refractivity contribution is 5.94. The number of imidazole rings is 1. The molecular weight excluding hydrogens is 508 g/mol. The van der Waals surface area contributed by atoms with Crippen molar-refractivity contribution in [2.75, 3.05) is 36.5 Å². The molecule has 0 bridgehead atoms. The van der Waals surface area contributed by atoms with E-state index in [-0.39, 0.29) is 17.6 Å². The third-order valence-corrected chi connectivity index (χ3v) is 7.67. The smallest absolute Gasteiger partial charge is 0.253 e. The van der Waals surface area contributed by atoms with E-state index in [9.17, 15) is 9.90 Å². The molecule has 2 aliphatic heterocycles. The molecule has 0 spiro atoms. The van der Waals surface area contributed by atoms with Crippen LogP contribution in [0.3, 0.4) is 0 Å². The molecule has 11 nitrogen and oxygen atoms in total. The predicted molar refractivity (Wildman–Crippen MR) is 152 cm³/mol. The lowest BCUT2D eigenvalue weighted by Gasteiger charge is -2.34. The number of aromatic nitrogens is 4. The van der Waals surface area contributed by atoms with E-state index in [1.54, 1.807) is 24.7 Å². The number of benzene rings is 1. The minimum atomic E-state index is -1.27. The molecule has 0 aliphatic carbocycles. The maximum absolute atomic E-state index is 13.0. The Bertz CT molecular complexity index is 1470.